The Balaban J connectivity index is 1.67. The fraction of sp³-hybridized carbons (Fsp3) is 0.296. The lowest BCUT2D eigenvalue weighted by atomic mass is 9.87. The van der Waals surface area contributed by atoms with E-state index in [2.05, 4.69) is 53.0 Å². The summed E-state index contributed by atoms with van der Waals surface area (Å²) in [5.41, 5.74) is 13.8. The predicted molar refractivity (Wildman–Crippen MR) is 139 cm³/mol. The summed E-state index contributed by atoms with van der Waals surface area (Å²) in [5.74, 6) is -1.09. The number of carbonyl (C=O) groups is 2. The molecule has 0 saturated carbocycles. The van der Waals surface area contributed by atoms with E-state index in [0.717, 1.165) is 11.1 Å². The van der Waals surface area contributed by atoms with E-state index in [4.69, 9.17) is 0 Å². The van der Waals surface area contributed by atoms with E-state index >= 15 is 0 Å². The van der Waals surface area contributed by atoms with E-state index in [1.165, 1.54) is 17.0 Å². The molecule has 1 unspecified atom stereocenters. The Labute approximate surface area is 215 Å². The number of nitrogens with zero attached hydrogens (tertiary/aromatic N) is 2. The van der Waals surface area contributed by atoms with E-state index < -0.39 is 12.2 Å². The quantitative estimate of drug-likeness (QED) is 0.320. The van der Waals surface area contributed by atoms with E-state index in [1.807, 2.05) is 24.3 Å². The summed E-state index contributed by atoms with van der Waals surface area (Å²) in [4.78, 5) is 33.1. The van der Waals surface area contributed by atoms with Gasteiger partial charge in [0.2, 0.25) is 5.91 Å². The van der Waals surface area contributed by atoms with Crippen LogP contribution in [0.25, 0.3) is 0 Å². The molecule has 4 rings (SSSR count). The number of benzene rings is 2. The Kier molecular flexibility index (Phi) is 8.24. The van der Waals surface area contributed by atoms with Gasteiger partial charge < -0.3 is 5.32 Å². The monoisotopic (exact) mass is 505 g/mol. The van der Waals surface area contributed by atoms with Gasteiger partial charge in [-0.1, -0.05) is 51.1 Å². The highest BCUT2D eigenvalue weighted by Gasteiger charge is 2.37. The lowest BCUT2D eigenvalue weighted by Crippen LogP contribution is -2.54. The molecule has 5 N–H and O–H groups in total. The average molecular weight is 506 g/mol. The highest BCUT2D eigenvalue weighted by molar-refractivity contribution is 6.03. The van der Waals surface area contributed by atoms with E-state index in [9.17, 15) is 14.0 Å². The molecule has 0 radical (unpaired) electrons. The molecule has 0 bridgehead atoms. The number of anilines is 1. The van der Waals surface area contributed by atoms with Gasteiger partial charge >= 0.3 is 0 Å². The summed E-state index contributed by atoms with van der Waals surface area (Å²) in [6.07, 6.45) is 2.80. The van der Waals surface area contributed by atoms with Gasteiger partial charge in [-0.15, -0.1) is 0 Å². The first-order chi connectivity index (χ1) is 17.7. The molecule has 1 fully saturated rings. The van der Waals surface area contributed by atoms with Gasteiger partial charge in [0.15, 0.2) is 6.17 Å². The Morgan fingerprint density at radius 3 is 2.41 bits per heavy atom. The van der Waals surface area contributed by atoms with Gasteiger partial charge in [0, 0.05) is 30.2 Å². The van der Waals surface area contributed by atoms with Crippen LogP contribution in [0.2, 0.25) is 0 Å². The number of carbonyl (C=O) groups excluding carboxylic acids is 2. The lowest BCUT2D eigenvalue weighted by Gasteiger charge is -2.33. The summed E-state index contributed by atoms with van der Waals surface area (Å²) in [5, 5.41) is 2.93. The maximum atomic E-state index is 13.8. The van der Waals surface area contributed by atoms with Crippen LogP contribution in [0.1, 0.15) is 43.5 Å². The number of hydrazine groups is 3. The first-order valence-electron chi connectivity index (χ1n) is 12.1. The van der Waals surface area contributed by atoms with Crippen LogP contribution in [0.4, 0.5) is 10.1 Å². The number of hydrogen-bond donors (Lipinski definition) is 5. The van der Waals surface area contributed by atoms with Crippen molar-refractivity contribution in [3.63, 3.8) is 0 Å². The van der Waals surface area contributed by atoms with Crippen molar-refractivity contribution in [1.29, 1.82) is 0 Å². The van der Waals surface area contributed by atoms with Crippen molar-refractivity contribution in [2.75, 3.05) is 11.4 Å². The second kappa shape index (κ2) is 11.6. The third kappa shape index (κ3) is 6.55. The molecule has 1 saturated heterocycles. The van der Waals surface area contributed by atoms with Crippen molar-refractivity contribution in [3.8, 4) is 0 Å². The maximum absolute atomic E-state index is 13.8. The van der Waals surface area contributed by atoms with Crippen LogP contribution in [0.5, 0.6) is 0 Å². The van der Waals surface area contributed by atoms with E-state index in [-0.39, 0.29) is 29.6 Å². The molecule has 37 heavy (non-hydrogen) atoms. The molecule has 0 spiro atoms. The molecule has 1 aliphatic rings. The molecule has 194 valence electrons. The van der Waals surface area contributed by atoms with Crippen LogP contribution >= 0.6 is 0 Å². The largest absolute Gasteiger partial charge is 0.354 e. The molecule has 10 heteroatoms. The Hall–Kier alpha value is -3.70. The lowest BCUT2D eigenvalue weighted by molar-refractivity contribution is -0.127. The summed E-state index contributed by atoms with van der Waals surface area (Å²) in [6.45, 7) is 6.60. The van der Waals surface area contributed by atoms with Crippen LogP contribution in [-0.4, -0.2) is 29.5 Å². The van der Waals surface area contributed by atoms with Gasteiger partial charge in [-0.3, -0.25) is 19.5 Å². The first kappa shape index (κ1) is 26.4. The fourth-order valence-corrected chi connectivity index (χ4v) is 4.12. The van der Waals surface area contributed by atoms with Crippen molar-refractivity contribution in [3.05, 3.63) is 95.6 Å². The zero-order chi connectivity index (χ0) is 26.4. The molecular weight excluding hydrogens is 473 g/mol. The third-order valence-corrected chi connectivity index (χ3v) is 6.10. The normalized spacial score (nSPS) is 14.8. The number of amides is 2. The highest BCUT2D eigenvalue weighted by Crippen LogP contribution is 2.31. The number of aromatic nitrogens is 1. The number of nitrogens with one attached hydrogen (secondary N) is 5. The minimum absolute atomic E-state index is 0.0766. The Morgan fingerprint density at radius 2 is 1.78 bits per heavy atom. The van der Waals surface area contributed by atoms with Crippen LogP contribution in [0.3, 0.4) is 0 Å². The molecule has 2 amide bonds. The smallest absolute Gasteiger partial charge is 0.262 e. The summed E-state index contributed by atoms with van der Waals surface area (Å²) >= 11 is 0. The second-order valence-corrected chi connectivity index (χ2v) is 9.84. The summed E-state index contributed by atoms with van der Waals surface area (Å²) < 4.78 is 13.6. The third-order valence-electron chi connectivity index (χ3n) is 6.10. The minimum atomic E-state index is -1.00. The Morgan fingerprint density at radius 1 is 1.05 bits per heavy atom. The standard InChI is InChI=1S/C27H32FN7O2/c1-27(2,3)20-9-11-22(12-10-20)35(26(37)24-31-33-34-32-24)23(19-7-5-14-29-17-19)25(36)30-15-13-18-6-4-8-21(28)16-18/h4-12,14,16-17,23-24,31-34H,13,15H2,1-3H3,(H,30,36). The van der Waals surface area contributed by atoms with E-state index in [1.54, 1.807) is 36.7 Å². The molecular formula is C27H32FN7O2. The van der Waals surface area contributed by atoms with Gasteiger partial charge in [-0.2, -0.15) is 11.1 Å². The second-order valence-electron chi connectivity index (χ2n) is 9.84. The zero-order valence-electron chi connectivity index (χ0n) is 21.1. The molecule has 0 aliphatic carbocycles. The van der Waals surface area contributed by atoms with Crippen molar-refractivity contribution in [2.45, 2.75) is 44.8 Å². The summed E-state index contributed by atoms with van der Waals surface area (Å²) in [6, 6.07) is 16.4. The molecule has 2 aromatic carbocycles. The summed E-state index contributed by atoms with van der Waals surface area (Å²) in [7, 11) is 0. The molecule has 2 heterocycles. The highest BCUT2D eigenvalue weighted by atomic mass is 19.1. The predicted octanol–water partition coefficient (Wildman–Crippen LogP) is 2.39. The number of rotatable bonds is 8. The Bertz CT molecular complexity index is 1210. The first-order valence-corrected chi connectivity index (χ1v) is 12.1. The van der Waals surface area contributed by atoms with Crippen molar-refractivity contribution >= 4 is 17.5 Å². The molecule has 3 aromatic rings. The van der Waals surface area contributed by atoms with Gasteiger partial charge in [0.05, 0.1) is 0 Å². The van der Waals surface area contributed by atoms with Crippen LogP contribution in [0.15, 0.2) is 73.1 Å². The SMILES string of the molecule is CC(C)(C)c1ccc(N(C(=O)C2NNNN2)C(C(=O)NCCc2cccc(F)c2)c2cccnc2)cc1. The maximum Gasteiger partial charge on any atom is 0.262 e. The minimum Gasteiger partial charge on any atom is -0.354 e. The molecule has 1 aliphatic heterocycles. The molecule has 1 aromatic heterocycles. The van der Waals surface area contributed by atoms with Gasteiger partial charge in [-0.25, -0.2) is 15.2 Å². The van der Waals surface area contributed by atoms with Gasteiger partial charge in [0.1, 0.15) is 11.9 Å². The fourth-order valence-electron chi connectivity index (χ4n) is 4.12. The van der Waals surface area contributed by atoms with Gasteiger partial charge in [0.25, 0.3) is 5.91 Å². The van der Waals surface area contributed by atoms with Crippen LogP contribution < -0.4 is 32.1 Å². The topological polar surface area (TPSA) is 110 Å². The molecule has 1 atom stereocenters. The zero-order valence-corrected chi connectivity index (χ0v) is 21.1. The number of pyridine rings is 1. The number of halogens is 1. The van der Waals surface area contributed by atoms with Crippen molar-refractivity contribution < 1.29 is 14.0 Å². The van der Waals surface area contributed by atoms with Gasteiger partial charge in [-0.05, 0) is 53.3 Å². The van der Waals surface area contributed by atoms with E-state index in [0.29, 0.717) is 17.7 Å². The van der Waals surface area contributed by atoms with Crippen LogP contribution in [-0.2, 0) is 21.4 Å². The average Bonchev–Trinajstić information content (AvgIpc) is 3.42. The van der Waals surface area contributed by atoms with Crippen molar-refractivity contribution in [2.24, 2.45) is 0 Å². The van der Waals surface area contributed by atoms with Crippen molar-refractivity contribution in [1.82, 2.24) is 32.2 Å². The van der Waals surface area contributed by atoms with Crippen LogP contribution in [0, 0.1) is 5.82 Å². The molecule has 9 nitrogen and oxygen atoms in total. The number of hydrogen-bond acceptors (Lipinski definition) is 7.